The number of fused-ring (bicyclic) bond motifs is 2. The Kier molecular flexibility index (Phi) is 3.64. The Balaban J connectivity index is 1.42. The maximum absolute atomic E-state index is 13.4. The Morgan fingerprint density at radius 3 is 2.96 bits per heavy atom. The van der Waals surface area contributed by atoms with Gasteiger partial charge in [-0.2, -0.15) is 5.10 Å². The number of H-pyrrole nitrogens is 1. The fourth-order valence-corrected chi connectivity index (χ4v) is 3.66. The van der Waals surface area contributed by atoms with Crippen LogP contribution in [0.2, 0.25) is 0 Å². The Morgan fingerprint density at radius 2 is 2.04 bits per heavy atom. The van der Waals surface area contributed by atoms with Crippen molar-refractivity contribution in [2.24, 2.45) is 0 Å². The van der Waals surface area contributed by atoms with Crippen molar-refractivity contribution in [1.82, 2.24) is 15.1 Å². The van der Waals surface area contributed by atoms with Gasteiger partial charge in [-0.1, -0.05) is 12.1 Å². The van der Waals surface area contributed by atoms with Crippen LogP contribution in [0.4, 0.5) is 4.39 Å². The molecule has 0 saturated carbocycles. The SMILES string of the molecule is Fc1cccc(CN2CCc3[nH]nc(-c4ccc5c(c4)OCO5)c3C2)c1. The van der Waals surface area contributed by atoms with E-state index in [-0.39, 0.29) is 12.6 Å². The minimum Gasteiger partial charge on any atom is -0.454 e. The lowest BCUT2D eigenvalue weighted by molar-refractivity contribution is 0.174. The standard InChI is InChI=1S/C20H18FN3O2/c21-15-3-1-2-13(8-15)10-24-7-6-17-16(11-24)20(23-22-17)14-4-5-18-19(9-14)26-12-25-18/h1-5,8-9H,6-7,10-12H2,(H,22,23). The summed E-state index contributed by atoms with van der Waals surface area (Å²) in [5, 5.41) is 7.72. The topological polar surface area (TPSA) is 50.4 Å². The van der Waals surface area contributed by atoms with Gasteiger partial charge in [0.1, 0.15) is 5.82 Å². The van der Waals surface area contributed by atoms with Crippen LogP contribution in [-0.4, -0.2) is 28.4 Å². The van der Waals surface area contributed by atoms with Crippen molar-refractivity contribution >= 4 is 0 Å². The van der Waals surface area contributed by atoms with Crippen molar-refractivity contribution in [1.29, 1.82) is 0 Å². The van der Waals surface area contributed by atoms with Crippen LogP contribution in [0.15, 0.2) is 42.5 Å². The molecular formula is C20H18FN3O2. The summed E-state index contributed by atoms with van der Waals surface area (Å²) in [6.07, 6.45) is 0.905. The molecular weight excluding hydrogens is 333 g/mol. The van der Waals surface area contributed by atoms with Gasteiger partial charge in [0.25, 0.3) is 0 Å². The molecule has 6 heteroatoms. The van der Waals surface area contributed by atoms with E-state index in [2.05, 4.69) is 15.1 Å². The molecule has 5 nitrogen and oxygen atoms in total. The molecule has 0 amide bonds. The van der Waals surface area contributed by atoms with Gasteiger partial charge in [0.05, 0.1) is 5.69 Å². The summed E-state index contributed by atoms with van der Waals surface area (Å²) in [4.78, 5) is 2.32. The fourth-order valence-electron chi connectivity index (χ4n) is 3.66. The second-order valence-corrected chi connectivity index (χ2v) is 6.69. The first-order valence-corrected chi connectivity index (χ1v) is 8.69. The zero-order chi connectivity index (χ0) is 17.5. The van der Waals surface area contributed by atoms with Crippen molar-refractivity contribution in [3.05, 3.63) is 65.1 Å². The predicted molar refractivity (Wildman–Crippen MR) is 94.4 cm³/mol. The lowest BCUT2D eigenvalue weighted by Crippen LogP contribution is -2.30. The number of ether oxygens (including phenoxy) is 2. The second-order valence-electron chi connectivity index (χ2n) is 6.69. The van der Waals surface area contributed by atoms with Crippen LogP contribution in [0.1, 0.15) is 16.8 Å². The molecule has 0 saturated heterocycles. The Bertz CT molecular complexity index is 969. The molecule has 2 aliphatic rings. The number of rotatable bonds is 3. The summed E-state index contributed by atoms with van der Waals surface area (Å²) in [5.74, 6) is 1.34. The molecule has 2 aliphatic heterocycles. The number of aromatic nitrogens is 2. The number of hydrogen-bond donors (Lipinski definition) is 1. The number of benzene rings is 2. The van der Waals surface area contributed by atoms with Crippen LogP contribution in [-0.2, 0) is 19.5 Å². The lowest BCUT2D eigenvalue weighted by Gasteiger charge is -2.27. The van der Waals surface area contributed by atoms with Gasteiger partial charge in [-0.15, -0.1) is 0 Å². The minimum absolute atomic E-state index is 0.190. The molecule has 2 aromatic carbocycles. The number of hydrogen-bond acceptors (Lipinski definition) is 4. The van der Waals surface area contributed by atoms with Gasteiger partial charge in [0, 0.05) is 42.9 Å². The zero-order valence-electron chi connectivity index (χ0n) is 14.2. The van der Waals surface area contributed by atoms with E-state index in [0.717, 1.165) is 54.4 Å². The van der Waals surface area contributed by atoms with Crippen LogP contribution < -0.4 is 9.47 Å². The van der Waals surface area contributed by atoms with Crippen molar-refractivity contribution in [3.8, 4) is 22.8 Å². The van der Waals surface area contributed by atoms with Gasteiger partial charge in [0.2, 0.25) is 6.79 Å². The third-order valence-electron chi connectivity index (χ3n) is 4.95. The summed E-state index contributed by atoms with van der Waals surface area (Å²) >= 11 is 0. The van der Waals surface area contributed by atoms with E-state index in [9.17, 15) is 4.39 Å². The highest BCUT2D eigenvalue weighted by Gasteiger charge is 2.24. The molecule has 1 N–H and O–H groups in total. The molecule has 0 unspecified atom stereocenters. The van der Waals surface area contributed by atoms with E-state index in [0.29, 0.717) is 0 Å². The minimum atomic E-state index is -0.190. The van der Waals surface area contributed by atoms with E-state index in [1.807, 2.05) is 24.3 Å². The number of nitrogens with zero attached hydrogens (tertiary/aromatic N) is 2. The first-order valence-electron chi connectivity index (χ1n) is 8.69. The molecule has 3 aromatic rings. The summed E-state index contributed by atoms with van der Waals surface area (Å²) in [7, 11) is 0. The summed E-state index contributed by atoms with van der Waals surface area (Å²) < 4.78 is 24.3. The molecule has 5 rings (SSSR count). The molecule has 0 spiro atoms. The Morgan fingerprint density at radius 1 is 1.12 bits per heavy atom. The van der Waals surface area contributed by atoms with Gasteiger partial charge in [-0.3, -0.25) is 10.00 Å². The predicted octanol–water partition coefficient (Wildman–Crippen LogP) is 3.50. The largest absolute Gasteiger partial charge is 0.454 e. The Hall–Kier alpha value is -2.86. The molecule has 0 bridgehead atoms. The number of halogens is 1. The highest BCUT2D eigenvalue weighted by molar-refractivity contribution is 5.68. The second kappa shape index (κ2) is 6.14. The lowest BCUT2D eigenvalue weighted by atomic mass is 10.00. The van der Waals surface area contributed by atoms with Gasteiger partial charge >= 0.3 is 0 Å². The van der Waals surface area contributed by atoms with E-state index < -0.39 is 0 Å². The zero-order valence-corrected chi connectivity index (χ0v) is 14.2. The molecule has 0 fully saturated rings. The maximum atomic E-state index is 13.4. The Labute approximate surface area is 150 Å². The van der Waals surface area contributed by atoms with Gasteiger partial charge < -0.3 is 9.47 Å². The molecule has 26 heavy (non-hydrogen) atoms. The van der Waals surface area contributed by atoms with Gasteiger partial charge in [0.15, 0.2) is 11.5 Å². The smallest absolute Gasteiger partial charge is 0.231 e. The van der Waals surface area contributed by atoms with Crippen molar-refractivity contribution in [3.63, 3.8) is 0 Å². The third-order valence-corrected chi connectivity index (χ3v) is 4.95. The van der Waals surface area contributed by atoms with Crippen molar-refractivity contribution < 1.29 is 13.9 Å². The highest BCUT2D eigenvalue weighted by Crippen LogP contribution is 2.37. The quantitative estimate of drug-likeness (QED) is 0.785. The monoisotopic (exact) mass is 351 g/mol. The van der Waals surface area contributed by atoms with Crippen LogP contribution >= 0.6 is 0 Å². The average Bonchev–Trinajstić information content (AvgIpc) is 3.27. The first-order chi connectivity index (χ1) is 12.8. The number of aromatic amines is 1. The van der Waals surface area contributed by atoms with Crippen LogP contribution in [0, 0.1) is 5.82 Å². The molecule has 0 atom stereocenters. The van der Waals surface area contributed by atoms with Crippen molar-refractivity contribution in [2.75, 3.05) is 13.3 Å². The normalized spacial score (nSPS) is 15.9. The van der Waals surface area contributed by atoms with E-state index in [1.54, 1.807) is 12.1 Å². The van der Waals surface area contributed by atoms with E-state index in [1.165, 1.54) is 17.3 Å². The molecule has 132 valence electrons. The summed E-state index contributed by atoms with van der Waals surface area (Å²) in [6.45, 7) is 2.69. The molecule has 0 radical (unpaired) electrons. The van der Waals surface area contributed by atoms with Crippen LogP contribution in [0.3, 0.4) is 0 Å². The molecule has 1 aromatic heterocycles. The van der Waals surface area contributed by atoms with Crippen LogP contribution in [0.5, 0.6) is 11.5 Å². The van der Waals surface area contributed by atoms with Gasteiger partial charge in [-0.05, 0) is 35.9 Å². The highest BCUT2D eigenvalue weighted by atomic mass is 19.1. The maximum Gasteiger partial charge on any atom is 0.231 e. The molecule has 3 heterocycles. The average molecular weight is 351 g/mol. The number of nitrogens with one attached hydrogen (secondary N) is 1. The van der Waals surface area contributed by atoms with E-state index >= 15 is 0 Å². The summed E-state index contributed by atoms with van der Waals surface area (Å²) in [6, 6.07) is 12.7. The van der Waals surface area contributed by atoms with E-state index in [4.69, 9.17) is 9.47 Å². The van der Waals surface area contributed by atoms with Crippen LogP contribution in [0.25, 0.3) is 11.3 Å². The summed E-state index contributed by atoms with van der Waals surface area (Å²) in [5.41, 5.74) is 5.32. The molecule has 0 aliphatic carbocycles. The van der Waals surface area contributed by atoms with Gasteiger partial charge in [-0.25, -0.2) is 4.39 Å². The third kappa shape index (κ3) is 2.72. The van der Waals surface area contributed by atoms with Crippen molar-refractivity contribution in [2.45, 2.75) is 19.5 Å². The first kappa shape index (κ1) is 15.4. The fraction of sp³-hybridized carbons (Fsp3) is 0.250.